The Morgan fingerprint density at radius 3 is 2.63 bits per heavy atom. The lowest BCUT2D eigenvalue weighted by molar-refractivity contribution is 0.230. The molecule has 0 amide bonds. The van der Waals surface area contributed by atoms with Crippen molar-refractivity contribution in [3.05, 3.63) is 17.7 Å². The van der Waals surface area contributed by atoms with Crippen LogP contribution in [-0.2, 0) is 13.6 Å². The highest BCUT2D eigenvalue weighted by molar-refractivity contribution is 7.99. The standard InChI is InChI=1S/C13H20NO3PS/c1-4-16-18(15,17-5-2)11-8-10(3)9-12-13(11)14-6-7-19-12/h8-9,14H,4-7H2,1-3H3. The zero-order valence-corrected chi connectivity index (χ0v) is 13.3. The maximum absolute atomic E-state index is 12.9. The molecule has 1 aliphatic heterocycles. The molecule has 4 nitrogen and oxygen atoms in total. The van der Waals surface area contributed by atoms with Gasteiger partial charge in [0, 0.05) is 17.2 Å². The number of benzene rings is 1. The van der Waals surface area contributed by atoms with Gasteiger partial charge in [-0.1, -0.05) is 0 Å². The van der Waals surface area contributed by atoms with Crippen LogP contribution in [0.5, 0.6) is 0 Å². The molecule has 6 heteroatoms. The van der Waals surface area contributed by atoms with Crippen molar-refractivity contribution in [2.24, 2.45) is 0 Å². The van der Waals surface area contributed by atoms with Crippen molar-refractivity contribution in [2.45, 2.75) is 25.7 Å². The summed E-state index contributed by atoms with van der Waals surface area (Å²) in [5.74, 6) is 1.02. The van der Waals surface area contributed by atoms with E-state index in [1.807, 2.05) is 26.8 Å². The maximum atomic E-state index is 12.9. The summed E-state index contributed by atoms with van der Waals surface area (Å²) in [4.78, 5) is 1.13. The fourth-order valence-electron chi connectivity index (χ4n) is 2.10. The van der Waals surface area contributed by atoms with E-state index >= 15 is 0 Å². The van der Waals surface area contributed by atoms with Crippen molar-refractivity contribution in [1.82, 2.24) is 0 Å². The summed E-state index contributed by atoms with van der Waals surface area (Å²) in [6.45, 7) is 7.26. The van der Waals surface area contributed by atoms with Gasteiger partial charge in [0.05, 0.1) is 24.2 Å². The molecule has 1 aliphatic rings. The molecule has 1 N–H and O–H groups in total. The van der Waals surface area contributed by atoms with Crippen molar-refractivity contribution in [1.29, 1.82) is 0 Å². The van der Waals surface area contributed by atoms with E-state index in [0.717, 1.165) is 28.4 Å². The molecule has 0 fully saturated rings. The fourth-order valence-corrected chi connectivity index (χ4v) is 5.06. The van der Waals surface area contributed by atoms with Crippen LogP contribution in [0, 0.1) is 6.92 Å². The second-order valence-corrected chi connectivity index (χ2v) is 7.40. The third-order valence-electron chi connectivity index (χ3n) is 2.78. The fraction of sp³-hybridized carbons (Fsp3) is 0.538. The number of aryl methyl sites for hydroxylation is 1. The highest BCUT2D eigenvalue weighted by Gasteiger charge is 2.32. The van der Waals surface area contributed by atoms with Gasteiger partial charge in [-0.3, -0.25) is 4.57 Å². The minimum absolute atomic E-state index is 0.368. The molecule has 1 aromatic carbocycles. The molecule has 1 heterocycles. The van der Waals surface area contributed by atoms with E-state index in [4.69, 9.17) is 9.05 Å². The van der Waals surface area contributed by atoms with Gasteiger partial charge >= 0.3 is 7.60 Å². The van der Waals surface area contributed by atoms with Crippen LogP contribution in [0.15, 0.2) is 17.0 Å². The molecule has 2 rings (SSSR count). The molecule has 0 aliphatic carbocycles. The first-order valence-corrected chi connectivity index (χ1v) is 9.04. The molecule has 0 radical (unpaired) electrons. The quantitative estimate of drug-likeness (QED) is 0.845. The number of nitrogens with one attached hydrogen (secondary N) is 1. The molecule has 0 saturated heterocycles. The van der Waals surface area contributed by atoms with Crippen molar-refractivity contribution in [3.63, 3.8) is 0 Å². The van der Waals surface area contributed by atoms with Crippen LogP contribution in [-0.4, -0.2) is 25.5 Å². The molecule has 19 heavy (non-hydrogen) atoms. The Morgan fingerprint density at radius 1 is 1.32 bits per heavy atom. The SMILES string of the molecule is CCOP(=O)(OCC)c1cc(C)cc2c1NCCS2. The average molecular weight is 301 g/mol. The van der Waals surface area contributed by atoms with Gasteiger partial charge in [-0.15, -0.1) is 11.8 Å². The summed E-state index contributed by atoms with van der Waals surface area (Å²) >= 11 is 1.77. The molecule has 0 saturated carbocycles. The van der Waals surface area contributed by atoms with Crippen molar-refractivity contribution in [2.75, 3.05) is 30.8 Å². The van der Waals surface area contributed by atoms with Gasteiger partial charge in [0.25, 0.3) is 0 Å². The van der Waals surface area contributed by atoms with Crippen LogP contribution in [0.4, 0.5) is 5.69 Å². The molecule has 1 aromatic rings. The summed E-state index contributed by atoms with van der Waals surface area (Å²) in [5, 5.41) is 3.99. The van der Waals surface area contributed by atoms with E-state index in [9.17, 15) is 4.57 Å². The lowest BCUT2D eigenvalue weighted by atomic mass is 10.2. The van der Waals surface area contributed by atoms with Gasteiger partial charge in [-0.25, -0.2) is 0 Å². The Kier molecular flexibility index (Phi) is 4.96. The smallest absolute Gasteiger partial charge is 0.363 e. The first kappa shape index (κ1) is 14.9. The number of hydrogen-bond acceptors (Lipinski definition) is 5. The highest BCUT2D eigenvalue weighted by Crippen LogP contribution is 2.50. The second kappa shape index (κ2) is 6.31. The van der Waals surface area contributed by atoms with Crippen LogP contribution in [0.2, 0.25) is 0 Å². The average Bonchev–Trinajstić information content (AvgIpc) is 2.38. The largest absolute Gasteiger partial charge is 0.383 e. The van der Waals surface area contributed by atoms with Crippen LogP contribution < -0.4 is 10.6 Å². The third kappa shape index (κ3) is 3.16. The molecule has 0 bridgehead atoms. The molecule has 0 aromatic heterocycles. The predicted molar refractivity (Wildman–Crippen MR) is 80.9 cm³/mol. The van der Waals surface area contributed by atoms with E-state index in [-0.39, 0.29) is 0 Å². The lowest BCUT2D eigenvalue weighted by Crippen LogP contribution is -2.21. The number of rotatable bonds is 5. The first-order chi connectivity index (χ1) is 9.10. The maximum Gasteiger partial charge on any atom is 0.363 e. The molecular formula is C13H20NO3PS. The molecule has 106 valence electrons. The van der Waals surface area contributed by atoms with Gasteiger partial charge in [0.15, 0.2) is 0 Å². The van der Waals surface area contributed by atoms with Crippen LogP contribution >= 0.6 is 19.4 Å². The number of fused-ring (bicyclic) bond motifs is 1. The van der Waals surface area contributed by atoms with Crippen LogP contribution in [0.1, 0.15) is 19.4 Å². The monoisotopic (exact) mass is 301 g/mol. The zero-order valence-electron chi connectivity index (χ0n) is 11.6. The Morgan fingerprint density at radius 2 is 2.00 bits per heavy atom. The van der Waals surface area contributed by atoms with E-state index in [0.29, 0.717) is 18.5 Å². The van der Waals surface area contributed by atoms with Crippen LogP contribution in [0.3, 0.4) is 0 Å². The zero-order chi connectivity index (χ0) is 13.9. The van der Waals surface area contributed by atoms with Gasteiger partial charge in [0.1, 0.15) is 0 Å². The Balaban J connectivity index is 2.52. The highest BCUT2D eigenvalue weighted by atomic mass is 32.2. The van der Waals surface area contributed by atoms with Crippen molar-refractivity contribution >= 4 is 30.3 Å². The predicted octanol–water partition coefficient (Wildman–Crippen LogP) is 3.40. The minimum Gasteiger partial charge on any atom is -0.383 e. The van der Waals surface area contributed by atoms with Gasteiger partial charge in [-0.05, 0) is 38.5 Å². The molecule has 0 atom stereocenters. The van der Waals surface area contributed by atoms with E-state index in [1.54, 1.807) is 11.8 Å². The normalized spacial score (nSPS) is 14.9. The number of anilines is 1. The van der Waals surface area contributed by atoms with E-state index in [1.165, 1.54) is 0 Å². The Bertz CT molecular complexity index is 497. The first-order valence-electron chi connectivity index (χ1n) is 6.51. The molecular weight excluding hydrogens is 281 g/mol. The Hall–Kier alpha value is -0.480. The Labute approximate surface area is 118 Å². The van der Waals surface area contributed by atoms with Gasteiger partial charge in [0.2, 0.25) is 0 Å². The van der Waals surface area contributed by atoms with Crippen LogP contribution in [0.25, 0.3) is 0 Å². The molecule has 0 spiro atoms. The molecule has 0 unspecified atom stereocenters. The topological polar surface area (TPSA) is 47.6 Å². The summed E-state index contributed by atoms with van der Waals surface area (Å²) in [6, 6.07) is 4.02. The second-order valence-electron chi connectivity index (χ2n) is 4.27. The van der Waals surface area contributed by atoms with Crippen molar-refractivity contribution < 1.29 is 13.6 Å². The third-order valence-corrected chi connectivity index (χ3v) is 5.96. The van der Waals surface area contributed by atoms with E-state index < -0.39 is 7.60 Å². The number of thioether (sulfide) groups is 1. The summed E-state index contributed by atoms with van der Waals surface area (Å²) < 4.78 is 23.9. The summed E-state index contributed by atoms with van der Waals surface area (Å²) in [6.07, 6.45) is 0. The summed E-state index contributed by atoms with van der Waals surface area (Å²) in [7, 11) is -3.23. The minimum atomic E-state index is -3.23. The van der Waals surface area contributed by atoms with Gasteiger partial charge in [-0.2, -0.15) is 0 Å². The summed E-state index contributed by atoms with van der Waals surface area (Å²) in [5.41, 5.74) is 1.98. The van der Waals surface area contributed by atoms with Gasteiger partial charge < -0.3 is 14.4 Å². The van der Waals surface area contributed by atoms with E-state index in [2.05, 4.69) is 11.4 Å². The van der Waals surface area contributed by atoms with Crippen molar-refractivity contribution in [3.8, 4) is 0 Å². The number of hydrogen-bond donors (Lipinski definition) is 1. The lowest BCUT2D eigenvalue weighted by Gasteiger charge is -2.25.